The smallest absolute Gasteiger partial charge is 0.253 e. The Labute approximate surface area is 212 Å². The molecular weight excluding hydrogens is 483 g/mol. The number of hydrogen-bond acceptors (Lipinski definition) is 4. The lowest BCUT2D eigenvalue weighted by Gasteiger charge is -2.15. The molecule has 1 saturated heterocycles. The normalized spacial score (nSPS) is 16.0. The number of benzene rings is 2. The Bertz CT molecular complexity index is 1480. The lowest BCUT2D eigenvalue weighted by atomic mass is 10.0. The second-order valence-electron chi connectivity index (χ2n) is 8.40. The van der Waals surface area contributed by atoms with Crippen molar-refractivity contribution in [2.75, 3.05) is 13.1 Å². The molecule has 2 aromatic carbocycles. The van der Waals surface area contributed by atoms with Gasteiger partial charge in [0.15, 0.2) is 0 Å². The Hall–Kier alpha value is -3.63. The number of nitriles is 1. The van der Waals surface area contributed by atoms with Crippen LogP contribution in [0.1, 0.15) is 27.9 Å². The van der Waals surface area contributed by atoms with Crippen LogP contribution in [0.5, 0.6) is 0 Å². The first-order valence-electron chi connectivity index (χ1n) is 11.1. The second-order valence-corrected chi connectivity index (χ2v) is 9.22. The molecule has 174 valence electrons. The minimum atomic E-state index is -0.448. The summed E-state index contributed by atoms with van der Waals surface area (Å²) in [5.74, 6) is -0.0815. The number of fused-ring (bicyclic) bond motifs is 1. The zero-order valence-electron chi connectivity index (χ0n) is 18.5. The average molecular weight is 503 g/mol. The van der Waals surface area contributed by atoms with Gasteiger partial charge in [0.05, 0.1) is 27.8 Å². The first kappa shape index (κ1) is 23.1. The Balaban J connectivity index is 1.47. The summed E-state index contributed by atoms with van der Waals surface area (Å²) in [6.07, 6.45) is 5.45. The van der Waals surface area contributed by atoms with Crippen molar-refractivity contribution in [3.8, 4) is 17.2 Å². The summed E-state index contributed by atoms with van der Waals surface area (Å²) in [5.41, 5.74) is 4.66. The topological polar surface area (TPSA) is 93.0 Å². The van der Waals surface area contributed by atoms with Crippen molar-refractivity contribution in [2.24, 2.45) is 0 Å². The van der Waals surface area contributed by atoms with E-state index in [4.69, 9.17) is 23.2 Å². The molecule has 0 radical (unpaired) electrons. The Morgan fingerprint density at radius 1 is 1.17 bits per heavy atom. The van der Waals surface area contributed by atoms with E-state index in [0.29, 0.717) is 51.9 Å². The van der Waals surface area contributed by atoms with E-state index >= 15 is 0 Å². The quantitative estimate of drug-likeness (QED) is 0.344. The first-order chi connectivity index (χ1) is 16.9. The Kier molecular flexibility index (Phi) is 6.31. The molecule has 1 aliphatic heterocycles. The summed E-state index contributed by atoms with van der Waals surface area (Å²) in [7, 11) is 0. The van der Waals surface area contributed by atoms with Gasteiger partial charge in [0, 0.05) is 53.1 Å². The van der Waals surface area contributed by atoms with E-state index in [0.717, 1.165) is 22.1 Å². The number of aliphatic hydroxyl groups is 1. The number of allylic oxidation sites excluding steroid dienone is 1. The standard InChI is InChI=1S/C27H20Cl2N4O2/c28-23-2-1-3-24(29)25(23)18(12-30)10-20-14-32-26-22(20)11-19(13-31-26)16-4-6-17(7-5-16)27(35)33-9-8-21(34)15-33/h1-7,10-11,13-14,21,34H,8-9,15H2,(H,31,32). The molecule has 4 aromatic rings. The van der Waals surface area contributed by atoms with Gasteiger partial charge in [0.25, 0.3) is 5.91 Å². The Morgan fingerprint density at radius 3 is 2.57 bits per heavy atom. The number of carbonyl (C=O) groups is 1. The number of nitrogens with one attached hydrogen (secondary N) is 1. The number of aromatic amines is 1. The van der Waals surface area contributed by atoms with Crippen LogP contribution in [0.2, 0.25) is 10.0 Å². The van der Waals surface area contributed by atoms with Crippen molar-refractivity contribution in [1.29, 1.82) is 5.26 Å². The van der Waals surface area contributed by atoms with Gasteiger partial charge >= 0.3 is 0 Å². The molecule has 1 amide bonds. The van der Waals surface area contributed by atoms with Crippen molar-refractivity contribution in [3.63, 3.8) is 0 Å². The summed E-state index contributed by atoms with van der Waals surface area (Å²) >= 11 is 12.6. The van der Waals surface area contributed by atoms with Crippen molar-refractivity contribution < 1.29 is 9.90 Å². The SMILES string of the molecule is N#CC(=Cc1c[nH]c2ncc(-c3ccc(C(=O)N4CCC(O)C4)cc3)cc12)c1c(Cl)cccc1Cl. The fourth-order valence-electron chi connectivity index (χ4n) is 4.29. The third-order valence-electron chi connectivity index (χ3n) is 6.13. The first-order valence-corrected chi connectivity index (χ1v) is 11.8. The molecule has 2 N–H and O–H groups in total. The number of hydrogen-bond donors (Lipinski definition) is 2. The summed E-state index contributed by atoms with van der Waals surface area (Å²) in [5, 5.41) is 21.1. The molecule has 0 aliphatic carbocycles. The lowest BCUT2D eigenvalue weighted by Crippen LogP contribution is -2.29. The van der Waals surface area contributed by atoms with Crippen molar-refractivity contribution >= 4 is 51.8 Å². The highest BCUT2D eigenvalue weighted by Crippen LogP contribution is 2.33. The molecule has 1 unspecified atom stereocenters. The van der Waals surface area contributed by atoms with Gasteiger partial charge < -0.3 is 15.0 Å². The number of halogens is 2. The number of nitrogens with zero attached hydrogens (tertiary/aromatic N) is 3. The number of amides is 1. The van der Waals surface area contributed by atoms with Crippen LogP contribution < -0.4 is 0 Å². The zero-order valence-corrected chi connectivity index (χ0v) is 20.0. The number of β-amino-alcohol motifs (C(OH)–C–C–N with tert-alkyl or cyclic N) is 1. The molecule has 6 nitrogen and oxygen atoms in total. The van der Waals surface area contributed by atoms with Crippen LogP contribution in [0, 0.1) is 11.3 Å². The van der Waals surface area contributed by atoms with Gasteiger partial charge in [-0.15, -0.1) is 0 Å². The molecule has 2 aromatic heterocycles. The monoisotopic (exact) mass is 502 g/mol. The molecule has 8 heteroatoms. The number of likely N-dealkylation sites (tertiary alicyclic amines) is 1. The maximum absolute atomic E-state index is 12.7. The number of rotatable bonds is 4. The van der Waals surface area contributed by atoms with E-state index in [1.807, 2.05) is 18.2 Å². The number of aromatic nitrogens is 2. The van der Waals surface area contributed by atoms with Gasteiger partial charge in [-0.05, 0) is 48.4 Å². The van der Waals surface area contributed by atoms with Crippen LogP contribution in [-0.4, -0.2) is 45.1 Å². The maximum atomic E-state index is 12.7. The van der Waals surface area contributed by atoms with Crippen LogP contribution in [0.4, 0.5) is 0 Å². The fraction of sp³-hybridized carbons (Fsp3) is 0.148. The van der Waals surface area contributed by atoms with Gasteiger partial charge in [0.1, 0.15) is 5.65 Å². The number of carbonyl (C=O) groups excluding carboxylic acids is 1. The molecule has 1 aliphatic rings. The molecule has 1 fully saturated rings. The van der Waals surface area contributed by atoms with Gasteiger partial charge in [-0.1, -0.05) is 41.4 Å². The van der Waals surface area contributed by atoms with Gasteiger partial charge in [0.2, 0.25) is 0 Å². The largest absolute Gasteiger partial charge is 0.391 e. The molecular formula is C27H20Cl2N4O2. The molecule has 0 bridgehead atoms. The number of aliphatic hydroxyl groups excluding tert-OH is 1. The average Bonchev–Trinajstić information content (AvgIpc) is 3.48. The molecule has 35 heavy (non-hydrogen) atoms. The van der Waals surface area contributed by atoms with Crippen LogP contribution >= 0.6 is 23.2 Å². The van der Waals surface area contributed by atoms with Crippen molar-refractivity contribution in [1.82, 2.24) is 14.9 Å². The van der Waals surface area contributed by atoms with Gasteiger partial charge in [-0.2, -0.15) is 5.26 Å². The van der Waals surface area contributed by atoms with Gasteiger partial charge in [-0.3, -0.25) is 4.79 Å². The van der Waals surface area contributed by atoms with E-state index in [1.54, 1.807) is 53.7 Å². The van der Waals surface area contributed by atoms with Crippen LogP contribution in [0.15, 0.2) is 60.9 Å². The minimum absolute atomic E-state index is 0.0815. The van der Waals surface area contributed by atoms with E-state index in [2.05, 4.69) is 16.0 Å². The third-order valence-corrected chi connectivity index (χ3v) is 6.76. The van der Waals surface area contributed by atoms with E-state index in [9.17, 15) is 15.2 Å². The lowest BCUT2D eigenvalue weighted by molar-refractivity contribution is 0.0765. The predicted octanol–water partition coefficient (Wildman–Crippen LogP) is 5.81. The highest BCUT2D eigenvalue weighted by molar-refractivity contribution is 6.38. The Morgan fingerprint density at radius 2 is 1.91 bits per heavy atom. The summed E-state index contributed by atoms with van der Waals surface area (Å²) in [4.78, 5) is 22.0. The molecule has 0 saturated carbocycles. The van der Waals surface area contributed by atoms with E-state index in [1.165, 1.54) is 0 Å². The van der Waals surface area contributed by atoms with E-state index in [-0.39, 0.29) is 5.91 Å². The predicted molar refractivity (Wildman–Crippen MR) is 138 cm³/mol. The molecule has 0 spiro atoms. The summed E-state index contributed by atoms with van der Waals surface area (Å²) in [6.45, 7) is 0.936. The molecule has 5 rings (SSSR count). The van der Waals surface area contributed by atoms with Crippen LogP contribution in [0.3, 0.4) is 0 Å². The zero-order chi connectivity index (χ0) is 24.5. The molecule has 3 heterocycles. The fourth-order valence-corrected chi connectivity index (χ4v) is 4.89. The minimum Gasteiger partial charge on any atom is -0.391 e. The summed E-state index contributed by atoms with van der Waals surface area (Å²) in [6, 6.07) is 16.7. The summed E-state index contributed by atoms with van der Waals surface area (Å²) < 4.78 is 0. The second kappa shape index (κ2) is 9.55. The van der Waals surface area contributed by atoms with Crippen molar-refractivity contribution in [2.45, 2.75) is 12.5 Å². The van der Waals surface area contributed by atoms with Crippen LogP contribution in [0.25, 0.3) is 33.8 Å². The van der Waals surface area contributed by atoms with Gasteiger partial charge in [-0.25, -0.2) is 4.98 Å². The van der Waals surface area contributed by atoms with E-state index < -0.39 is 6.10 Å². The highest BCUT2D eigenvalue weighted by Gasteiger charge is 2.25. The van der Waals surface area contributed by atoms with Crippen LogP contribution in [-0.2, 0) is 0 Å². The highest BCUT2D eigenvalue weighted by atomic mass is 35.5. The number of H-pyrrole nitrogens is 1. The maximum Gasteiger partial charge on any atom is 0.253 e. The van der Waals surface area contributed by atoms with Crippen molar-refractivity contribution in [3.05, 3.63) is 87.7 Å². The third kappa shape index (κ3) is 4.54. The molecule has 1 atom stereocenters. The number of pyridine rings is 1.